The van der Waals surface area contributed by atoms with Crippen LogP contribution in [0.25, 0.3) is 5.57 Å². The van der Waals surface area contributed by atoms with Crippen LogP contribution in [0, 0.1) is 0 Å². The van der Waals surface area contributed by atoms with E-state index < -0.39 is 5.97 Å². The van der Waals surface area contributed by atoms with Crippen molar-refractivity contribution in [3.05, 3.63) is 59.0 Å². The third-order valence-electron chi connectivity index (χ3n) is 4.92. The van der Waals surface area contributed by atoms with E-state index in [4.69, 9.17) is 0 Å². The fourth-order valence-electron chi connectivity index (χ4n) is 3.29. The van der Waals surface area contributed by atoms with Gasteiger partial charge in [-0.25, -0.2) is 4.39 Å². The molecule has 0 fully saturated rings. The zero-order valence-corrected chi connectivity index (χ0v) is 16.2. The number of rotatable bonds is 5. The second kappa shape index (κ2) is 8.35. The molecule has 1 atom stereocenters. The SMILES string of the molecule is CC(/C=C/C(F)=C(/C)c1ccc2c(c1)C(C)CCN2C(C)C)=C\C(=O)[O-]. The van der Waals surface area contributed by atoms with Gasteiger partial charge in [0.15, 0.2) is 0 Å². The summed E-state index contributed by atoms with van der Waals surface area (Å²) in [7, 11) is 0. The van der Waals surface area contributed by atoms with E-state index >= 15 is 0 Å². The van der Waals surface area contributed by atoms with Crippen LogP contribution < -0.4 is 10.0 Å². The third-order valence-corrected chi connectivity index (χ3v) is 4.92. The highest BCUT2D eigenvalue weighted by Crippen LogP contribution is 2.38. The molecule has 1 heterocycles. The minimum atomic E-state index is -1.29. The monoisotopic (exact) mass is 356 g/mol. The van der Waals surface area contributed by atoms with Crippen molar-refractivity contribution in [2.75, 3.05) is 11.4 Å². The number of fused-ring (bicyclic) bond motifs is 1. The van der Waals surface area contributed by atoms with Crippen molar-refractivity contribution in [2.24, 2.45) is 0 Å². The molecule has 0 spiro atoms. The fraction of sp³-hybridized carbons (Fsp3) is 0.409. The number of carboxylic acid groups (broad SMARTS) is 1. The quantitative estimate of drug-likeness (QED) is 0.581. The molecule has 1 unspecified atom stereocenters. The minimum Gasteiger partial charge on any atom is -0.545 e. The first-order chi connectivity index (χ1) is 12.2. The van der Waals surface area contributed by atoms with Gasteiger partial charge in [-0.2, -0.15) is 0 Å². The maximum Gasteiger partial charge on any atom is 0.126 e. The van der Waals surface area contributed by atoms with Gasteiger partial charge in [-0.05, 0) is 86.6 Å². The summed E-state index contributed by atoms with van der Waals surface area (Å²) >= 11 is 0. The van der Waals surface area contributed by atoms with Crippen LogP contribution >= 0.6 is 0 Å². The lowest BCUT2D eigenvalue weighted by Gasteiger charge is -2.37. The molecule has 140 valence electrons. The van der Waals surface area contributed by atoms with Gasteiger partial charge in [0.05, 0.1) is 5.97 Å². The van der Waals surface area contributed by atoms with Gasteiger partial charge in [0.25, 0.3) is 0 Å². The van der Waals surface area contributed by atoms with Crippen LogP contribution in [0.5, 0.6) is 0 Å². The molecule has 0 radical (unpaired) electrons. The number of carbonyl (C=O) groups is 1. The molecular weight excluding hydrogens is 329 g/mol. The van der Waals surface area contributed by atoms with Crippen molar-refractivity contribution >= 4 is 17.2 Å². The summed E-state index contributed by atoms with van der Waals surface area (Å²) in [5, 5.41) is 10.5. The van der Waals surface area contributed by atoms with Gasteiger partial charge in [-0.1, -0.05) is 19.1 Å². The maximum absolute atomic E-state index is 14.5. The summed E-state index contributed by atoms with van der Waals surface area (Å²) in [5.74, 6) is -1.22. The molecule has 1 aliphatic rings. The highest BCUT2D eigenvalue weighted by atomic mass is 19.1. The number of hydrogen-bond donors (Lipinski definition) is 0. The molecule has 0 saturated heterocycles. The first-order valence-electron chi connectivity index (χ1n) is 9.05. The third kappa shape index (κ3) is 4.63. The summed E-state index contributed by atoms with van der Waals surface area (Å²) < 4.78 is 14.5. The first-order valence-corrected chi connectivity index (χ1v) is 9.05. The predicted octanol–water partition coefficient (Wildman–Crippen LogP) is 4.36. The molecule has 0 amide bonds. The Morgan fingerprint density at radius 1 is 1.31 bits per heavy atom. The highest BCUT2D eigenvalue weighted by molar-refractivity contribution is 5.79. The van der Waals surface area contributed by atoms with Crippen molar-refractivity contribution in [3.8, 4) is 0 Å². The Kier molecular flexibility index (Phi) is 6.41. The lowest BCUT2D eigenvalue weighted by atomic mass is 9.88. The highest BCUT2D eigenvalue weighted by Gasteiger charge is 2.24. The number of aliphatic carboxylic acids is 1. The van der Waals surface area contributed by atoms with Gasteiger partial charge in [0.2, 0.25) is 0 Å². The number of carbonyl (C=O) groups excluding carboxylic acids is 1. The number of halogens is 1. The zero-order valence-electron chi connectivity index (χ0n) is 16.2. The van der Waals surface area contributed by atoms with Gasteiger partial charge in [-0.15, -0.1) is 0 Å². The van der Waals surface area contributed by atoms with Gasteiger partial charge in [-0.3, -0.25) is 0 Å². The van der Waals surface area contributed by atoms with Crippen molar-refractivity contribution in [2.45, 2.75) is 53.0 Å². The summed E-state index contributed by atoms with van der Waals surface area (Å²) in [6, 6.07) is 6.56. The second-order valence-corrected chi connectivity index (χ2v) is 7.26. The average Bonchev–Trinajstić information content (AvgIpc) is 2.58. The molecule has 0 bridgehead atoms. The Morgan fingerprint density at radius 2 is 2.00 bits per heavy atom. The van der Waals surface area contributed by atoms with Crippen molar-refractivity contribution in [3.63, 3.8) is 0 Å². The van der Waals surface area contributed by atoms with Crippen molar-refractivity contribution in [1.82, 2.24) is 0 Å². The summed E-state index contributed by atoms with van der Waals surface area (Å²) in [5.41, 5.74) is 4.31. The van der Waals surface area contributed by atoms with E-state index in [9.17, 15) is 14.3 Å². The normalized spacial score (nSPS) is 19.0. The van der Waals surface area contributed by atoms with E-state index in [1.54, 1.807) is 13.8 Å². The average molecular weight is 356 g/mol. The molecule has 0 N–H and O–H groups in total. The van der Waals surface area contributed by atoms with Crippen LogP contribution in [0.2, 0.25) is 0 Å². The number of hydrogen-bond acceptors (Lipinski definition) is 3. The zero-order chi connectivity index (χ0) is 19.4. The topological polar surface area (TPSA) is 43.4 Å². The predicted molar refractivity (Wildman–Crippen MR) is 104 cm³/mol. The van der Waals surface area contributed by atoms with Crippen LogP contribution in [-0.4, -0.2) is 18.6 Å². The van der Waals surface area contributed by atoms with E-state index in [0.29, 0.717) is 23.1 Å². The number of nitrogens with zero attached hydrogens (tertiary/aromatic N) is 1. The maximum atomic E-state index is 14.5. The Morgan fingerprint density at radius 3 is 2.62 bits per heavy atom. The number of allylic oxidation sites excluding steroid dienone is 5. The number of anilines is 1. The molecule has 1 aliphatic heterocycles. The van der Waals surface area contributed by atoms with Crippen molar-refractivity contribution < 1.29 is 14.3 Å². The van der Waals surface area contributed by atoms with Crippen molar-refractivity contribution in [1.29, 1.82) is 0 Å². The van der Waals surface area contributed by atoms with Crippen LogP contribution in [0.3, 0.4) is 0 Å². The van der Waals surface area contributed by atoms with E-state index in [1.807, 2.05) is 6.07 Å². The van der Waals surface area contributed by atoms with E-state index in [2.05, 4.69) is 37.8 Å². The van der Waals surface area contributed by atoms with Gasteiger partial charge in [0, 0.05) is 18.3 Å². The van der Waals surface area contributed by atoms with E-state index in [-0.39, 0.29) is 5.83 Å². The van der Waals surface area contributed by atoms with Crippen LogP contribution in [-0.2, 0) is 4.79 Å². The Labute approximate surface area is 155 Å². The number of carboxylic acids is 1. The summed E-state index contributed by atoms with van der Waals surface area (Å²) in [6.45, 7) is 11.0. The van der Waals surface area contributed by atoms with Crippen LogP contribution in [0.4, 0.5) is 10.1 Å². The lowest BCUT2D eigenvalue weighted by Crippen LogP contribution is -2.36. The standard InChI is InChI=1S/C22H28FNO2/c1-14(2)24-11-10-16(4)19-13-18(7-9-21(19)24)17(5)20(23)8-6-15(3)12-22(25)26/h6-9,12-14,16H,10-11H2,1-5H3,(H,25,26)/p-1/b8-6+,15-12+,20-17+. The molecular formula is C22H27FNO2-. The molecule has 0 aromatic heterocycles. The molecule has 2 rings (SSSR count). The molecule has 0 aliphatic carbocycles. The lowest BCUT2D eigenvalue weighted by molar-refractivity contribution is -0.297. The van der Waals surface area contributed by atoms with Crippen LogP contribution in [0.15, 0.2) is 47.8 Å². The molecule has 26 heavy (non-hydrogen) atoms. The van der Waals surface area contributed by atoms with Gasteiger partial charge in [0.1, 0.15) is 5.83 Å². The van der Waals surface area contributed by atoms with E-state index in [1.165, 1.54) is 23.4 Å². The number of benzene rings is 1. The molecule has 1 aromatic carbocycles. The molecule has 1 aromatic rings. The van der Waals surface area contributed by atoms with Crippen LogP contribution in [0.1, 0.15) is 58.1 Å². The Balaban J connectivity index is 2.35. The van der Waals surface area contributed by atoms with E-state index in [0.717, 1.165) is 24.6 Å². The Bertz CT molecular complexity index is 774. The van der Waals surface area contributed by atoms with Gasteiger partial charge < -0.3 is 14.8 Å². The first kappa shape index (κ1) is 20.0. The molecule has 3 nitrogen and oxygen atoms in total. The molecule has 0 saturated carbocycles. The minimum absolute atomic E-state index is 0.375. The Hall–Kier alpha value is -2.36. The molecule has 4 heteroatoms. The van der Waals surface area contributed by atoms with Gasteiger partial charge >= 0.3 is 0 Å². The smallest absolute Gasteiger partial charge is 0.126 e. The second-order valence-electron chi connectivity index (χ2n) is 7.26. The summed E-state index contributed by atoms with van der Waals surface area (Å²) in [6.07, 6.45) is 4.77. The largest absolute Gasteiger partial charge is 0.545 e. The fourth-order valence-corrected chi connectivity index (χ4v) is 3.29. The summed E-state index contributed by atoms with van der Waals surface area (Å²) in [4.78, 5) is 12.9.